The van der Waals surface area contributed by atoms with Crippen LogP contribution in [-0.2, 0) is 16.0 Å². The van der Waals surface area contributed by atoms with Gasteiger partial charge in [0.15, 0.2) is 0 Å². The van der Waals surface area contributed by atoms with Gasteiger partial charge >= 0.3 is 0 Å². The zero-order valence-electron chi connectivity index (χ0n) is 8.53. The fourth-order valence-corrected chi connectivity index (χ4v) is 1.15. The lowest BCUT2D eigenvalue weighted by atomic mass is 10.1. The molecule has 0 aliphatic carbocycles. The Morgan fingerprint density at radius 1 is 1.40 bits per heavy atom. The molecule has 0 saturated carbocycles. The van der Waals surface area contributed by atoms with E-state index in [-0.39, 0.29) is 18.9 Å². The molecule has 0 radical (unpaired) electrons. The van der Waals surface area contributed by atoms with Gasteiger partial charge in [0.1, 0.15) is 12.0 Å². The third-order valence-electron chi connectivity index (χ3n) is 1.91. The normalized spacial score (nSPS) is 9.40. The van der Waals surface area contributed by atoms with Crippen LogP contribution in [0.25, 0.3) is 0 Å². The van der Waals surface area contributed by atoms with Crippen LogP contribution >= 0.6 is 0 Å². The number of aldehydes is 1. The van der Waals surface area contributed by atoms with Crippen molar-refractivity contribution in [2.24, 2.45) is 0 Å². The Labute approximate surface area is 88.2 Å². The molecule has 0 unspecified atom stereocenters. The van der Waals surface area contributed by atoms with Crippen LogP contribution < -0.4 is 10.1 Å². The molecule has 4 nitrogen and oxygen atoms in total. The Hall–Kier alpha value is -1.84. The van der Waals surface area contributed by atoms with E-state index in [9.17, 15) is 9.59 Å². The molecule has 1 aromatic rings. The maximum absolute atomic E-state index is 11.2. The Balaban J connectivity index is 2.49. The van der Waals surface area contributed by atoms with E-state index in [1.165, 1.54) is 0 Å². The molecule has 0 aromatic heterocycles. The predicted octanol–water partition coefficient (Wildman–Crippen LogP) is 0.553. The average molecular weight is 207 g/mol. The third kappa shape index (κ3) is 3.81. The molecule has 0 atom stereocenters. The molecule has 0 bridgehead atoms. The quantitative estimate of drug-likeness (QED) is 0.717. The van der Waals surface area contributed by atoms with Crippen LogP contribution in [-0.4, -0.2) is 25.8 Å². The van der Waals surface area contributed by atoms with Gasteiger partial charge in [-0.2, -0.15) is 0 Å². The van der Waals surface area contributed by atoms with Crippen LogP contribution in [0.3, 0.4) is 0 Å². The summed E-state index contributed by atoms with van der Waals surface area (Å²) in [4.78, 5) is 21.2. The first-order valence-electron chi connectivity index (χ1n) is 4.59. The van der Waals surface area contributed by atoms with Crippen LogP contribution in [0.1, 0.15) is 5.56 Å². The molecule has 15 heavy (non-hydrogen) atoms. The molecule has 1 rings (SSSR count). The summed E-state index contributed by atoms with van der Waals surface area (Å²) >= 11 is 0. The summed E-state index contributed by atoms with van der Waals surface area (Å²) < 4.78 is 4.99. The van der Waals surface area contributed by atoms with E-state index < -0.39 is 0 Å². The number of nitrogens with one attached hydrogen (secondary N) is 1. The number of rotatable bonds is 5. The second-order valence-corrected chi connectivity index (χ2v) is 3.00. The first kappa shape index (κ1) is 11.2. The Morgan fingerprint density at radius 2 is 2.07 bits per heavy atom. The maximum atomic E-state index is 11.2. The topological polar surface area (TPSA) is 55.4 Å². The van der Waals surface area contributed by atoms with Gasteiger partial charge in [0.25, 0.3) is 0 Å². The number of benzene rings is 1. The summed E-state index contributed by atoms with van der Waals surface area (Å²) in [5.41, 5.74) is 0.888. The number of ether oxygens (including phenoxy) is 1. The SMILES string of the molecule is COc1ccc(CC(=O)NCC=O)cc1. The lowest BCUT2D eigenvalue weighted by Crippen LogP contribution is -2.26. The minimum atomic E-state index is -0.160. The van der Waals surface area contributed by atoms with Gasteiger partial charge in [-0.05, 0) is 17.7 Å². The van der Waals surface area contributed by atoms with E-state index >= 15 is 0 Å². The minimum absolute atomic E-state index is 0.0645. The number of carbonyl (C=O) groups excluding carboxylic acids is 2. The van der Waals surface area contributed by atoms with Crippen LogP contribution in [0.2, 0.25) is 0 Å². The van der Waals surface area contributed by atoms with Crippen molar-refractivity contribution in [3.63, 3.8) is 0 Å². The van der Waals surface area contributed by atoms with E-state index in [0.717, 1.165) is 11.3 Å². The fourth-order valence-electron chi connectivity index (χ4n) is 1.15. The maximum Gasteiger partial charge on any atom is 0.224 e. The Morgan fingerprint density at radius 3 is 2.60 bits per heavy atom. The lowest BCUT2D eigenvalue weighted by Gasteiger charge is -2.03. The molecule has 0 spiro atoms. The molecule has 0 saturated heterocycles. The minimum Gasteiger partial charge on any atom is -0.497 e. The Kier molecular flexibility index (Phi) is 4.34. The number of hydrogen-bond acceptors (Lipinski definition) is 3. The highest BCUT2D eigenvalue weighted by Crippen LogP contribution is 2.11. The lowest BCUT2D eigenvalue weighted by molar-refractivity contribution is -0.121. The third-order valence-corrected chi connectivity index (χ3v) is 1.91. The van der Waals surface area contributed by atoms with Crippen molar-refractivity contribution in [2.75, 3.05) is 13.7 Å². The fraction of sp³-hybridized carbons (Fsp3) is 0.273. The van der Waals surface area contributed by atoms with Crippen LogP contribution in [0.4, 0.5) is 0 Å². The van der Waals surface area contributed by atoms with Crippen LogP contribution in [0.5, 0.6) is 5.75 Å². The summed E-state index contributed by atoms with van der Waals surface area (Å²) in [5.74, 6) is 0.597. The van der Waals surface area contributed by atoms with Crippen molar-refractivity contribution in [2.45, 2.75) is 6.42 Å². The summed E-state index contributed by atoms with van der Waals surface area (Å²) in [6, 6.07) is 7.23. The highest BCUT2D eigenvalue weighted by molar-refractivity contribution is 5.80. The van der Waals surface area contributed by atoms with Gasteiger partial charge in [-0.1, -0.05) is 12.1 Å². The largest absolute Gasteiger partial charge is 0.497 e. The molecule has 1 amide bonds. The molecule has 0 heterocycles. The first-order valence-corrected chi connectivity index (χ1v) is 4.59. The van der Waals surface area contributed by atoms with Gasteiger partial charge in [-0.3, -0.25) is 4.79 Å². The van der Waals surface area contributed by atoms with Crippen molar-refractivity contribution in [3.8, 4) is 5.75 Å². The summed E-state index contributed by atoms with van der Waals surface area (Å²) in [6.07, 6.45) is 0.934. The van der Waals surface area contributed by atoms with Crippen molar-refractivity contribution >= 4 is 12.2 Å². The summed E-state index contributed by atoms with van der Waals surface area (Å²) in [6.45, 7) is 0.0645. The van der Waals surface area contributed by atoms with E-state index in [2.05, 4.69) is 5.32 Å². The van der Waals surface area contributed by atoms with Gasteiger partial charge in [-0.25, -0.2) is 0 Å². The molecule has 4 heteroatoms. The van der Waals surface area contributed by atoms with Crippen molar-refractivity contribution in [1.29, 1.82) is 0 Å². The molecule has 0 aliphatic heterocycles. The monoisotopic (exact) mass is 207 g/mol. The second kappa shape index (κ2) is 5.80. The predicted molar refractivity (Wildman–Crippen MR) is 55.8 cm³/mol. The van der Waals surface area contributed by atoms with Gasteiger partial charge < -0.3 is 14.8 Å². The summed E-state index contributed by atoms with van der Waals surface area (Å²) in [5, 5.41) is 2.47. The van der Waals surface area contributed by atoms with Gasteiger partial charge in [-0.15, -0.1) is 0 Å². The number of carbonyl (C=O) groups is 2. The van der Waals surface area contributed by atoms with Crippen LogP contribution in [0.15, 0.2) is 24.3 Å². The van der Waals surface area contributed by atoms with E-state index in [0.29, 0.717) is 6.29 Å². The van der Waals surface area contributed by atoms with Crippen molar-refractivity contribution in [1.82, 2.24) is 5.32 Å². The van der Waals surface area contributed by atoms with Crippen molar-refractivity contribution < 1.29 is 14.3 Å². The zero-order chi connectivity index (χ0) is 11.1. The van der Waals surface area contributed by atoms with Gasteiger partial charge in [0, 0.05) is 0 Å². The molecular weight excluding hydrogens is 194 g/mol. The molecule has 0 fully saturated rings. The first-order chi connectivity index (χ1) is 7.26. The zero-order valence-corrected chi connectivity index (χ0v) is 8.53. The number of hydrogen-bond donors (Lipinski definition) is 1. The smallest absolute Gasteiger partial charge is 0.224 e. The molecular formula is C11H13NO3. The highest BCUT2D eigenvalue weighted by Gasteiger charge is 2.02. The number of amides is 1. The second-order valence-electron chi connectivity index (χ2n) is 3.00. The van der Waals surface area contributed by atoms with E-state index in [4.69, 9.17) is 4.74 Å². The van der Waals surface area contributed by atoms with Crippen LogP contribution in [0, 0.1) is 0 Å². The highest BCUT2D eigenvalue weighted by atomic mass is 16.5. The van der Waals surface area contributed by atoms with E-state index in [1.807, 2.05) is 12.1 Å². The number of methoxy groups -OCH3 is 1. The van der Waals surface area contributed by atoms with E-state index in [1.54, 1.807) is 19.2 Å². The summed E-state index contributed by atoms with van der Waals surface area (Å²) in [7, 11) is 1.59. The standard InChI is InChI=1S/C11H13NO3/c1-15-10-4-2-9(3-5-10)8-11(14)12-6-7-13/h2-5,7H,6,8H2,1H3,(H,12,14). The van der Waals surface area contributed by atoms with Gasteiger partial charge in [0.05, 0.1) is 20.1 Å². The van der Waals surface area contributed by atoms with Gasteiger partial charge in [0.2, 0.25) is 5.91 Å². The Bertz CT molecular complexity index is 332. The molecule has 0 aliphatic rings. The molecule has 1 aromatic carbocycles. The molecule has 1 N–H and O–H groups in total. The van der Waals surface area contributed by atoms with Crippen molar-refractivity contribution in [3.05, 3.63) is 29.8 Å². The average Bonchev–Trinajstić information content (AvgIpc) is 2.27. The molecule has 80 valence electrons.